The normalized spacial score (nSPS) is 29.5. The molecule has 0 radical (unpaired) electrons. The fourth-order valence-electron chi connectivity index (χ4n) is 1.26. The average molecular weight is 157 g/mol. The minimum absolute atomic E-state index is 0.819. The molecule has 0 amide bonds. The van der Waals surface area contributed by atoms with Crippen LogP contribution >= 0.6 is 0 Å². The molecule has 1 heterocycles. The maximum Gasteiger partial charge on any atom is 0.0349 e. The molecule has 0 bridgehead atoms. The van der Waals surface area contributed by atoms with Gasteiger partial charge in [0.05, 0.1) is 0 Å². The second-order valence-electron chi connectivity index (χ2n) is 3.51. The molecule has 1 aliphatic heterocycles. The monoisotopic (exact) mass is 157 g/mol. The molecular weight excluding hydrogens is 138 g/mol. The highest BCUT2D eigenvalue weighted by Crippen LogP contribution is 2.14. The highest BCUT2D eigenvalue weighted by molar-refractivity contribution is 4.90. The number of hydrogen-bond acceptors (Lipinski definition) is 3. The first-order chi connectivity index (χ1) is 5.24. The largest absolute Gasteiger partial charge is 0.318 e. The van der Waals surface area contributed by atoms with Crippen molar-refractivity contribution < 1.29 is 0 Å². The van der Waals surface area contributed by atoms with Crippen molar-refractivity contribution in [1.29, 1.82) is 0 Å². The number of nitrogens with one attached hydrogen (secondary N) is 1. The first-order valence-electron chi connectivity index (χ1n) is 4.27. The van der Waals surface area contributed by atoms with E-state index < -0.39 is 0 Å². The zero-order valence-electron chi connectivity index (χ0n) is 7.80. The van der Waals surface area contributed by atoms with E-state index in [-0.39, 0.29) is 0 Å². The lowest BCUT2D eigenvalue weighted by Gasteiger charge is -2.09. The van der Waals surface area contributed by atoms with Gasteiger partial charge < -0.3 is 10.2 Å². The predicted octanol–water partition coefficient (Wildman–Crippen LogP) is -0.548. The number of nitrogens with zero attached hydrogens (tertiary/aromatic N) is 2. The van der Waals surface area contributed by atoms with Crippen molar-refractivity contribution in [2.45, 2.75) is 6.04 Å². The van der Waals surface area contributed by atoms with Gasteiger partial charge in [-0.3, -0.25) is 4.90 Å². The van der Waals surface area contributed by atoms with E-state index in [2.05, 4.69) is 29.2 Å². The van der Waals surface area contributed by atoms with E-state index >= 15 is 0 Å². The molecule has 3 heteroatoms. The Morgan fingerprint density at radius 3 is 2.82 bits per heavy atom. The molecule has 0 saturated carbocycles. The van der Waals surface area contributed by atoms with E-state index in [1.54, 1.807) is 0 Å². The molecule has 1 saturated heterocycles. The Labute approximate surface area is 69.4 Å². The minimum atomic E-state index is 0.819. The van der Waals surface area contributed by atoms with Crippen LogP contribution in [-0.2, 0) is 0 Å². The van der Waals surface area contributed by atoms with Gasteiger partial charge in [-0.25, -0.2) is 0 Å². The Morgan fingerprint density at radius 1 is 1.55 bits per heavy atom. The van der Waals surface area contributed by atoms with Crippen LogP contribution in [0.5, 0.6) is 0 Å². The van der Waals surface area contributed by atoms with Crippen LogP contribution < -0.4 is 5.32 Å². The zero-order chi connectivity index (χ0) is 8.27. The third-order valence-electron chi connectivity index (χ3n) is 2.10. The van der Waals surface area contributed by atoms with E-state index in [1.165, 1.54) is 19.6 Å². The summed E-state index contributed by atoms with van der Waals surface area (Å²) < 4.78 is 0. The quantitative estimate of drug-likeness (QED) is 0.540. The molecular formula is C8H19N3. The van der Waals surface area contributed by atoms with E-state index in [0.29, 0.717) is 0 Å². The lowest BCUT2D eigenvalue weighted by Crippen LogP contribution is -2.24. The maximum atomic E-state index is 3.19. The summed E-state index contributed by atoms with van der Waals surface area (Å²) in [6, 6.07) is 0.819. The van der Waals surface area contributed by atoms with Gasteiger partial charge in [-0.1, -0.05) is 0 Å². The van der Waals surface area contributed by atoms with Crippen LogP contribution in [0.25, 0.3) is 0 Å². The summed E-state index contributed by atoms with van der Waals surface area (Å²) in [6.07, 6.45) is 0. The molecule has 1 fully saturated rings. The summed E-state index contributed by atoms with van der Waals surface area (Å²) in [5, 5.41) is 3.19. The third kappa shape index (κ3) is 3.18. The summed E-state index contributed by atoms with van der Waals surface area (Å²) in [4.78, 5) is 4.73. The Hall–Kier alpha value is -0.120. The van der Waals surface area contributed by atoms with Crippen molar-refractivity contribution in [3.05, 3.63) is 0 Å². The predicted molar refractivity (Wildman–Crippen MR) is 47.8 cm³/mol. The maximum absolute atomic E-state index is 3.19. The lowest BCUT2D eigenvalue weighted by atomic mass is 10.5. The molecule has 66 valence electrons. The average Bonchev–Trinajstić information content (AvgIpc) is 2.64. The summed E-state index contributed by atoms with van der Waals surface area (Å²) in [5.74, 6) is 0. The van der Waals surface area contributed by atoms with E-state index in [9.17, 15) is 0 Å². The molecule has 0 spiro atoms. The van der Waals surface area contributed by atoms with Gasteiger partial charge in [-0.05, 0) is 21.1 Å². The van der Waals surface area contributed by atoms with Gasteiger partial charge in [0.1, 0.15) is 0 Å². The molecule has 11 heavy (non-hydrogen) atoms. The highest BCUT2D eigenvalue weighted by atomic mass is 15.3. The summed E-state index contributed by atoms with van der Waals surface area (Å²) >= 11 is 0. The van der Waals surface area contributed by atoms with Crippen molar-refractivity contribution in [2.24, 2.45) is 0 Å². The summed E-state index contributed by atoms with van der Waals surface area (Å²) in [5.41, 5.74) is 0. The van der Waals surface area contributed by atoms with Gasteiger partial charge >= 0.3 is 0 Å². The first-order valence-corrected chi connectivity index (χ1v) is 4.27. The van der Waals surface area contributed by atoms with Gasteiger partial charge in [0, 0.05) is 32.2 Å². The minimum Gasteiger partial charge on any atom is -0.318 e. The molecule has 1 rings (SSSR count). The van der Waals surface area contributed by atoms with Crippen molar-refractivity contribution in [3.8, 4) is 0 Å². The van der Waals surface area contributed by atoms with Crippen molar-refractivity contribution >= 4 is 0 Å². The topological polar surface area (TPSA) is 18.3 Å². The number of rotatable bonds is 5. The second kappa shape index (κ2) is 4.04. The Kier molecular flexibility index (Phi) is 3.30. The molecule has 2 atom stereocenters. The van der Waals surface area contributed by atoms with Crippen LogP contribution in [-0.4, -0.2) is 63.2 Å². The molecule has 1 aliphatic rings. The second-order valence-corrected chi connectivity index (χ2v) is 3.51. The van der Waals surface area contributed by atoms with Crippen molar-refractivity contribution in [2.75, 3.05) is 47.3 Å². The van der Waals surface area contributed by atoms with Gasteiger partial charge in [0.25, 0.3) is 0 Å². The first kappa shape index (κ1) is 8.97. The molecule has 3 nitrogen and oxygen atoms in total. The smallest absolute Gasteiger partial charge is 0.0349 e. The lowest BCUT2D eigenvalue weighted by molar-refractivity contribution is 0.357. The van der Waals surface area contributed by atoms with Gasteiger partial charge in [-0.2, -0.15) is 0 Å². The van der Waals surface area contributed by atoms with Crippen molar-refractivity contribution in [1.82, 2.24) is 15.1 Å². The summed E-state index contributed by atoms with van der Waals surface area (Å²) in [7, 11) is 6.26. The van der Waals surface area contributed by atoms with E-state index in [1.807, 2.05) is 7.05 Å². The fourth-order valence-corrected chi connectivity index (χ4v) is 1.26. The van der Waals surface area contributed by atoms with Gasteiger partial charge in [0.15, 0.2) is 0 Å². The zero-order valence-corrected chi connectivity index (χ0v) is 7.80. The van der Waals surface area contributed by atoms with E-state index in [4.69, 9.17) is 0 Å². The number of likely N-dealkylation sites (N-methyl/N-ethyl adjacent to an activating group) is 2. The van der Waals surface area contributed by atoms with Crippen LogP contribution in [0.1, 0.15) is 0 Å². The Bertz CT molecular complexity index is 114. The van der Waals surface area contributed by atoms with Crippen molar-refractivity contribution in [3.63, 3.8) is 0 Å². The Balaban J connectivity index is 1.95. The highest BCUT2D eigenvalue weighted by Gasteiger charge is 2.31. The van der Waals surface area contributed by atoms with E-state index in [0.717, 1.165) is 12.6 Å². The summed E-state index contributed by atoms with van der Waals surface area (Å²) in [6.45, 7) is 4.83. The van der Waals surface area contributed by atoms with Gasteiger partial charge in [-0.15, -0.1) is 0 Å². The molecule has 2 unspecified atom stereocenters. The molecule has 0 aromatic carbocycles. The molecule has 0 aromatic rings. The molecule has 0 aromatic heterocycles. The third-order valence-corrected chi connectivity index (χ3v) is 2.10. The fraction of sp³-hybridized carbons (Fsp3) is 1.00. The molecule has 1 N–H and O–H groups in total. The van der Waals surface area contributed by atoms with Crippen LogP contribution in [0.3, 0.4) is 0 Å². The Morgan fingerprint density at radius 2 is 2.27 bits per heavy atom. The number of hydrogen-bond donors (Lipinski definition) is 1. The van der Waals surface area contributed by atoms with Crippen LogP contribution in [0.15, 0.2) is 0 Å². The van der Waals surface area contributed by atoms with Crippen LogP contribution in [0, 0.1) is 0 Å². The SMILES string of the molecule is CNCC1CN1CCN(C)C. The standard InChI is InChI=1S/C8H19N3/c1-9-6-8-7-11(8)5-4-10(2)3/h8-9H,4-7H2,1-3H3. The van der Waals surface area contributed by atoms with Gasteiger partial charge in [0.2, 0.25) is 0 Å². The van der Waals surface area contributed by atoms with Crippen LogP contribution in [0.4, 0.5) is 0 Å². The van der Waals surface area contributed by atoms with Crippen LogP contribution in [0.2, 0.25) is 0 Å². The molecule has 0 aliphatic carbocycles.